The maximum absolute atomic E-state index is 5.39. The van der Waals surface area contributed by atoms with Crippen molar-refractivity contribution in [3.05, 3.63) is 6.33 Å². The number of anilines is 2. The summed E-state index contributed by atoms with van der Waals surface area (Å²) in [4.78, 5) is 10.6. The van der Waals surface area contributed by atoms with Crippen LogP contribution in [-0.2, 0) is 0 Å². The van der Waals surface area contributed by atoms with E-state index < -0.39 is 0 Å². The average Bonchev–Trinajstić information content (AvgIpc) is 2.36. The molecule has 0 fully saturated rings. The molecule has 1 aromatic rings. The van der Waals surface area contributed by atoms with E-state index in [1.165, 1.54) is 6.33 Å². The molecule has 108 valence electrons. The van der Waals surface area contributed by atoms with Gasteiger partial charge in [0.25, 0.3) is 0 Å². The van der Waals surface area contributed by atoms with E-state index in [1.54, 1.807) is 7.11 Å². The zero-order valence-corrected chi connectivity index (χ0v) is 12.7. The van der Waals surface area contributed by atoms with Gasteiger partial charge in [0.2, 0.25) is 5.75 Å². The average molecular weight is 267 g/mol. The monoisotopic (exact) mass is 267 g/mol. The molecule has 0 amide bonds. The first-order valence-corrected chi connectivity index (χ1v) is 6.46. The van der Waals surface area contributed by atoms with Gasteiger partial charge in [0.05, 0.1) is 7.11 Å². The third-order valence-electron chi connectivity index (χ3n) is 3.25. The Morgan fingerprint density at radius 1 is 1.21 bits per heavy atom. The SMILES string of the molecule is CCNc1ncnc(NCC(C)(C)N(C)C)c1OC. The fourth-order valence-electron chi connectivity index (χ4n) is 1.44. The lowest BCUT2D eigenvalue weighted by Crippen LogP contribution is -2.44. The van der Waals surface area contributed by atoms with Crippen molar-refractivity contribution in [2.24, 2.45) is 0 Å². The minimum absolute atomic E-state index is 0.0221. The lowest BCUT2D eigenvalue weighted by Gasteiger charge is -2.33. The number of hydrogen-bond acceptors (Lipinski definition) is 6. The summed E-state index contributed by atoms with van der Waals surface area (Å²) in [6.45, 7) is 7.90. The van der Waals surface area contributed by atoms with Gasteiger partial charge in [0, 0.05) is 18.6 Å². The summed E-state index contributed by atoms with van der Waals surface area (Å²) in [6.07, 6.45) is 1.53. The summed E-state index contributed by atoms with van der Waals surface area (Å²) in [5, 5.41) is 6.49. The predicted molar refractivity (Wildman–Crippen MR) is 79.0 cm³/mol. The summed E-state index contributed by atoms with van der Waals surface area (Å²) in [5.41, 5.74) is 0.0221. The molecule has 0 radical (unpaired) electrons. The minimum atomic E-state index is 0.0221. The van der Waals surface area contributed by atoms with Crippen LogP contribution in [0.15, 0.2) is 6.33 Å². The lowest BCUT2D eigenvalue weighted by atomic mass is 10.0. The van der Waals surface area contributed by atoms with Gasteiger partial charge in [-0.1, -0.05) is 0 Å². The number of nitrogens with zero attached hydrogens (tertiary/aromatic N) is 3. The van der Waals surface area contributed by atoms with Crippen LogP contribution in [-0.4, -0.2) is 54.7 Å². The number of ether oxygens (including phenoxy) is 1. The van der Waals surface area contributed by atoms with Gasteiger partial charge in [-0.15, -0.1) is 0 Å². The van der Waals surface area contributed by atoms with Crippen molar-refractivity contribution in [1.82, 2.24) is 14.9 Å². The standard InChI is InChI=1S/C13H25N5O/c1-7-14-11-10(19-6)12(17-9-16-11)15-8-13(2,3)18(4)5/h9H,7-8H2,1-6H3,(H2,14,15,16,17). The molecular formula is C13H25N5O. The highest BCUT2D eigenvalue weighted by Gasteiger charge is 2.21. The van der Waals surface area contributed by atoms with E-state index >= 15 is 0 Å². The van der Waals surface area contributed by atoms with E-state index in [2.05, 4.69) is 53.4 Å². The molecule has 0 aliphatic heterocycles. The van der Waals surface area contributed by atoms with Crippen LogP contribution in [0.1, 0.15) is 20.8 Å². The van der Waals surface area contributed by atoms with Gasteiger partial charge in [-0.05, 0) is 34.9 Å². The topological polar surface area (TPSA) is 62.3 Å². The second-order valence-electron chi connectivity index (χ2n) is 5.19. The Bertz CT molecular complexity index is 406. The van der Waals surface area contributed by atoms with Crippen LogP contribution in [0.2, 0.25) is 0 Å². The quantitative estimate of drug-likeness (QED) is 0.783. The first-order chi connectivity index (χ1) is 8.92. The molecule has 0 aliphatic carbocycles. The molecule has 6 nitrogen and oxygen atoms in total. The highest BCUT2D eigenvalue weighted by atomic mass is 16.5. The summed E-state index contributed by atoms with van der Waals surface area (Å²) >= 11 is 0. The van der Waals surface area contributed by atoms with Crippen molar-refractivity contribution < 1.29 is 4.74 Å². The highest BCUT2D eigenvalue weighted by Crippen LogP contribution is 2.29. The highest BCUT2D eigenvalue weighted by molar-refractivity contribution is 5.63. The van der Waals surface area contributed by atoms with Gasteiger partial charge < -0.3 is 20.3 Å². The van der Waals surface area contributed by atoms with E-state index in [0.29, 0.717) is 17.4 Å². The minimum Gasteiger partial charge on any atom is -0.490 e. The van der Waals surface area contributed by atoms with E-state index in [9.17, 15) is 0 Å². The van der Waals surface area contributed by atoms with Crippen LogP contribution in [0.25, 0.3) is 0 Å². The predicted octanol–water partition coefficient (Wildman–Crippen LogP) is 1.67. The van der Waals surface area contributed by atoms with Crippen LogP contribution in [0.4, 0.5) is 11.6 Å². The van der Waals surface area contributed by atoms with Crippen molar-refractivity contribution in [2.75, 3.05) is 44.9 Å². The zero-order chi connectivity index (χ0) is 14.5. The zero-order valence-electron chi connectivity index (χ0n) is 12.7. The van der Waals surface area contributed by atoms with Gasteiger partial charge in [0.1, 0.15) is 6.33 Å². The molecule has 1 heterocycles. The normalized spacial score (nSPS) is 11.5. The van der Waals surface area contributed by atoms with Gasteiger partial charge in [-0.25, -0.2) is 9.97 Å². The molecule has 0 saturated heterocycles. The van der Waals surface area contributed by atoms with Gasteiger partial charge in [0.15, 0.2) is 11.6 Å². The first-order valence-electron chi connectivity index (χ1n) is 6.46. The Morgan fingerprint density at radius 2 is 1.79 bits per heavy atom. The van der Waals surface area contributed by atoms with Crippen molar-refractivity contribution in [3.63, 3.8) is 0 Å². The number of likely N-dealkylation sites (N-methyl/N-ethyl adjacent to an activating group) is 1. The second kappa shape index (κ2) is 6.56. The maximum atomic E-state index is 5.39. The molecule has 0 atom stereocenters. The largest absolute Gasteiger partial charge is 0.490 e. The molecule has 0 aromatic carbocycles. The van der Waals surface area contributed by atoms with E-state index in [0.717, 1.165) is 13.1 Å². The Morgan fingerprint density at radius 3 is 2.26 bits per heavy atom. The first kappa shape index (κ1) is 15.5. The third kappa shape index (κ3) is 3.96. The molecule has 0 aliphatic rings. The molecule has 0 unspecified atom stereocenters. The molecule has 2 N–H and O–H groups in total. The van der Waals surface area contributed by atoms with Crippen molar-refractivity contribution in [2.45, 2.75) is 26.3 Å². The Kier molecular flexibility index (Phi) is 5.35. The van der Waals surface area contributed by atoms with Crippen molar-refractivity contribution >= 4 is 11.6 Å². The van der Waals surface area contributed by atoms with Crippen LogP contribution >= 0.6 is 0 Å². The van der Waals surface area contributed by atoms with Crippen molar-refractivity contribution in [1.29, 1.82) is 0 Å². The van der Waals surface area contributed by atoms with E-state index in [4.69, 9.17) is 4.74 Å². The molecule has 19 heavy (non-hydrogen) atoms. The molecule has 1 rings (SSSR count). The van der Waals surface area contributed by atoms with Gasteiger partial charge in [-0.3, -0.25) is 0 Å². The van der Waals surface area contributed by atoms with Crippen LogP contribution in [0.5, 0.6) is 5.75 Å². The molecule has 0 saturated carbocycles. The number of rotatable bonds is 7. The van der Waals surface area contributed by atoms with Gasteiger partial charge in [-0.2, -0.15) is 0 Å². The second-order valence-corrected chi connectivity index (χ2v) is 5.19. The Labute approximate surface area is 115 Å². The maximum Gasteiger partial charge on any atom is 0.204 e. The number of hydrogen-bond donors (Lipinski definition) is 2. The summed E-state index contributed by atoms with van der Waals surface area (Å²) in [7, 11) is 5.74. The number of nitrogens with one attached hydrogen (secondary N) is 2. The van der Waals surface area contributed by atoms with Crippen LogP contribution in [0.3, 0.4) is 0 Å². The van der Waals surface area contributed by atoms with Crippen LogP contribution in [0, 0.1) is 0 Å². The molecule has 0 bridgehead atoms. The van der Waals surface area contributed by atoms with E-state index in [1.807, 2.05) is 6.92 Å². The fraction of sp³-hybridized carbons (Fsp3) is 0.692. The molecule has 6 heteroatoms. The molecule has 1 aromatic heterocycles. The summed E-state index contributed by atoms with van der Waals surface area (Å²) in [6, 6.07) is 0. The molecule has 0 spiro atoms. The lowest BCUT2D eigenvalue weighted by molar-refractivity contribution is 0.209. The Hall–Kier alpha value is -1.56. The van der Waals surface area contributed by atoms with Crippen molar-refractivity contribution in [3.8, 4) is 5.75 Å². The summed E-state index contributed by atoms with van der Waals surface area (Å²) in [5.74, 6) is 2.08. The van der Waals surface area contributed by atoms with E-state index in [-0.39, 0.29) is 5.54 Å². The van der Waals surface area contributed by atoms with Gasteiger partial charge >= 0.3 is 0 Å². The fourth-order valence-corrected chi connectivity index (χ4v) is 1.44. The smallest absolute Gasteiger partial charge is 0.204 e. The van der Waals surface area contributed by atoms with Crippen LogP contribution < -0.4 is 15.4 Å². The third-order valence-corrected chi connectivity index (χ3v) is 3.25. The Balaban J connectivity index is 2.86. The molecular weight excluding hydrogens is 242 g/mol. The summed E-state index contributed by atoms with van der Waals surface area (Å²) < 4.78 is 5.39. The number of aromatic nitrogens is 2. The number of methoxy groups -OCH3 is 1.